The topological polar surface area (TPSA) is 38.7 Å². The lowest BCUT2D eigenvalue weighted by atomic mass is 10.1. The molecule has 0 aliphatic carbocycles. The molecule has 4 heterocycles. The van der Waals surface area contributed by atoms with Crippen molar-refractivity contribution >= 4 is 42.5 Å². The largest absolute Gasteiger partial charge is 0.256 e. The van der Waals surface area contributed by atoms with Gasteiger partial charge in [-0.2, -0.15) is 0 Å². The molecule has 3 nitrogen and oxygen atoms in total. The third kappa shape index (κ3) is 1.92. The van der Waals surface area contributed by atoms with Gasteiger partial charge in [0, 0.05) is 33.3 Å². The van der Waals surface area contributed by atoms with Gasteiger partial charge < -0.3 is 0 Å². The van der Waals surface area contributed by atoms with Crippen LogP contribution < -0.4 is 0 Å². The Bertz CT molecular complexity index is 1170. The first kappa shape index (κ1) is 12.7. The lowest BCUT2D eigenvalue weighted by molar-refractivity contribution is 1.29. The van der Waals surface area contributed by atoms with Crippen LogP contribution in [0.1, 0.15) is 0 Å². The number of thiophene rings is 1. The Balaban J connectivity index is 1.81. The van der Waals surface area contributed by atoms with Crippen molar-refractivity contribution < 1.29 is 0 Å². The van der Waals surface area contributed by atoms with Crippen LogP contribution in [0.2, 0.25) is 0 Å². The first-order valence-electron chi connectivity index (χ1n) is 7.38. The molecule has 4 heteroatoms. The molecule has 0 saturated carbocycles. The second kappa shape index (κ2) is 4.83. The van der Waals surface area contributed by atoms with E-state index in [9.17, 15) is 0 Å². The van der Waals surface area contributed by atoms with Crippen molar-refractivity contribution in [2.24, 2.45) is 0 Å². The van der Waals surface area contributed by atoms with Crippen molar-refractivity contribution in [3.05, 3.63) is 67.0 Å². The molecule has 0 fully saturated rings. The second-order valence-corrected chi connectivity index (χ2v) is 6.41. The van der Waals surface area contributed by atoms with Crippen LogP contribution in [0.25, 0.3) is 42.6 Å². The Morgan fingerprint density at radius 1 is 0.696 bits per heavy atom. The van der Waals surface area contributed by atoms with Crippen LogP contribution >= 0.6 is 11.3 Å². The van der Waals surface area contributed by atoms with Crippen LogP contribution in [0.15, 0.2) is 67.0 Å². The number of nitrogens with zero attached hydrogens (tertiary/aromatic N) is 3. The number of hydrogen-bond acceptors (Lipinski definition) is 4. The maximum absolute atomic E-state index is 4.86. The van der Waals surface area contributed by atoms with Crippen LogP contribution in [-0.4, -0.2) is 15.0 Å². The highest BCUT2D eigenvalue weighted by molar-refractivity contribution is 7.25. The molecule has 0 saturated heterocycles. The van der Waals surface area contributed by atoms with Gasteiger partial charge in [0.2, 0.25) is 0 Å². The molecule has 4 aromatic heterocycles. The van der Waals surface area contributed by atoms with Crippen LogP contribution in [0.4, 0.5) is 0 Å². The molecule has 0 aliphatic heterocycles. The van der Waals surface area contributed by atoms with E-state index in [1.165, 1.54) is 15.5 Å². The summed E-state index contributed by atoms with van der Waals surface area (Å²) in [6.45, 7) is 0. The van der Waals surface area contributed by atoms with Gasteiger partial charge in [0.1, 0.15) is 4.83 Å². The maximum atomic E-state index is 4.86. The molecule has 0 amide bonds. The highest BCUT2D eigenvalue weighted by Gasteiger charge is 2.10. The van der Waals surface area contributed by atoms with E-state index in [4.69, 9.17) is 4.98 Å². The van der Waals surface area contributed by atoms with Gasteiger partial charge in [-0.25, -0.2) is 4.98 Å². The first-order valence-corrected chi connectivity index (χ1v) is 8.20. The molecule has 108 valence electrons. The van der Waals surface area contributed by atoms with E-state index >= 15 is 0 Å². The van der Waals surface area contributed by atoms with Crippen LogP contribution in [-0.2, 0) is 0 Å². The minimum atomic E-state index is 0.884. The predicted octanol–water partition coefficient (Wildman–Crippen LogP) is 5.06. The molecule has 0 spiro atoms. The SMILES string of the molecule is c1ccc2c(c1)sc1nc(-c3nccc4ncccc34)ccc12. The number of hydrogen-bond donors (Lipinski definition) is 0. The molecule has 0 bridgehead atoms. The fourth-order valence-corrected chi connectivity index (χ4v) is 4.02. The summed E-state index contributed by atoms with van der Waals surface area (Å²) in [5.74, 6) is 0. The Hall–Kier alpha value is -2.85. The summed E-state index contributed by atoms with van der Waals surface area (Å²) in [4.78, 5) is 14.8. The zero-order valence-electron chi connectivity index (χ0n) is 12.1. The monoisotopic (exact) mass is 313 g/mol. The van der Waals surface area contributed by atoms with Crippen molar-refractivity contribution in [3.8, 4) is 11.4 Å². The normalized spacial score (nSPS) is 11.5. The summed E-state index contributed by atoms with van der Waals surface area (Å²) in [5.41, 5.74) is 2.72. The van der Waals surface area contributed by atoms with Crippen molar-refractivity contribution in [2.45, 2.75) is 0 Å². The third-order valence-electron chi connectivity index (χ3n) is 4.02. The minimum absolute atomic E-state index is 0.884. The number of pyridine rings is 3. The van der Waals surface area contributed by atoms with E-state index in [1.54, 1.807) is 23.7 Å². The fourth-order valence-electron chi connectivity index (χ4n) is 2.94. The average Bonchev–Trinajstić information content (AvgIpc) is 2.99. The lowest BCUT2D eigenvalue weighted by Crippen LogP contribution is -1.90. The molecule has 5 aromatic rings. The van der Waals surface area contributed by atoms with Gasteiger partial charge in [-0.3, -0.25) is 9.97 Å². The van der Waals surface area contributed by atoms with Crippen molar-refractivity contribution in [1.29, 1.82) is 0 Å². The standard InChI is InChI=1S/C19H11N3S/c1-2-6-17-12(4-1)13-7-8-16(22-19(13)23-17)18-14-5-3-10-20-15(14)9-11-21-18/h1-11H. The van der Waals surface area contributed by atoms with Gasteiger partial charge in [0.15, 0.2) is 0 Å². The molecule has 0 aliphatic rings. The third-order valence-corrected chi connectivity index (χ3v) is 5.10. The highest BCUT2D eigenvalue weighted by Crippen LogP contribution is 2.34. The van der Waals surface area contributed by atoms with E-state index in [-0.39, 0.29) is 0 Å². The van der Waals surface area contributed by atoms with Crippen molar-refractivity contribution in [1.82, 2.24) is 15.0 Å². The predicted molar refractivity (Wildman–Crippen MR) is 95.7 cm³/mol. The van der Waals surface area contributed by atoms with Crippen molar-refractivity contribution in [3.63, 3.8) is 0 Å². The fraction of sp³-hybridized carbons (Fsp3) is 0. The Kier molecular flexibility index (Phi) is 2.66. The van der Waals surface area contributed by atoms with Gasteiger partial charge in [-0.1, -0.05) is 18.2 Å². The molecule has 1 aromatic carbocycles. The Morgan fingerprint density at radius 3 is 2.61 bits per heavy atom. The van der Waals surface area contributed by atoms with E-state index < -0.39 is 0 Å². The number of aromatic nitrogens is 3. The summed E-state index contributed by atoms with van der Waals surface area (Å²) in [6, 6.07) is 18.5. The zero-order valence-corrected chi connectivity index (χ0v) is 12.9. The molecule has 0 radical (unpaired) electrons. The van der Waals surface area contributed by atoms with Gasteiger partial charge in [-0.15, -0.1) is 11.3 Å². The maximum Gasteiger partial charge on any atom is 0.125 e. The first-order chi connectivity index (χ1) is 11.4. The van der Waals surface area contributed by atoms with E-state index in [0.29, 0.717) is 0 Å². The molecule has 23 heavy (non-hydrogen) atoms. The van der Waals surface area contributed by atoms with E-state index in [1.807, 2.05) is 18.2 Å². The van der Waals surface area contributed by atoms with Crippen LogP contribution in [0.3, 0.4) is 0 Å². The quantitative estimate of drug-likeness (QED) is 0.434. The van der Waals surface area contributed by atoms with Crippen molar-refractivity contribution in [2.75, 3.05) is 0 Å². The molecule has 5 rings (SSSR count). The zero-order chi connectivity index (χ0) is 15.2. The molecule has 0 unspecified atom stereocenters. The molecule has 0 atom stereocenters. The van der Waals surface area contributed by atoms with Gasteiger partial charge in [-0.05, 0) is 36.4 Å². The smallest absolute Gasteiger partial charge is 0.125 e. The molecular formula is C19H11N3S. The lowest BCUT2D eigenvalue weighted by Gasteiger charge is -2.04. The number of fused-ring (bicyclic) bond motifs is 4. The van der Waals surface area contributed by atoms with Crippen LogP contribution in [0, 0.1) is 0 Å². The van der Waals surface area contributed by atoms with E-state index in [0.717, 1.165) is 27.1 Å². The number of benzene rings is 1. The van der Waals surface area contributed by atoms with Crippen LogP contribution in [0.5, 0.6) is 0 Å². The minimum Gasteiger partial charge on any atom is -0.256 e. The summed E-state index contributed by atoms with van der Waals surface area (Å²) in [6.07, 6.45) is 3.59. The summed E-state index contributed by atoms with van der Waals surface area (Å²) in [5, 5.41) is 3.50. The number of rotatable bonds is 1. The van der Waals surface area contributed by atoms with Gasteiger partial charge in [0.25, 0.3) is 0 Å². The molecule has 0 N–H and O–H groups in total. The highest BCUT2D eigenvalue weighted by atomic mass is 32.1. The Labute approximate surface area is 136 Å². The average molecular weight is 313 g/mol. The summed E-state index contributed by atoms with van der Waals surface area (Å²) < 4.78 is 1.26. The van der Waals surface area contributed by atoms with E-state index in [2.05, 4.69) is 46.4 Å². The Morgan fingerprint density at radius 2 is 1.61 bits per heavy atom. The van der Waals surface area contributed by atoms with Gasteiger partial charge >= 0.3 is 0 Å². The molecular weight excluding hydrogens is 302 g/mol. The van der Waals surface area contributed by atoms with Gasteiger partial charge in [0.05, 0.1) is 16.9 Å². The summed E-state index contributed by atoms with van der Waals surface area (Å²) >= 11 is 1.72. The summed E-state index contributed by atoms with van der Waals surface area (Å²) in [7, 11) is 0. The second-order valence-electron chi connectivity index (χ2n) is 5.38.